The van der Waals surface area contributed by atoms with E-state index in [1.54, 1.807) is 24.0 Å². The van der Waals surface area contributed by atoms with Crippen LogP contribution in [0.15, 0.2) is 30.6 Å². The van der Waals surface area contributed by atoms with E-state index < -0.39 is 5.82 Å². The normalized spacial score (nSPS) is 10.3. The second-order valence-corrected chi connectivity index (χ2v) is 4.05. The topological polar surface area (TPSA) is 59.0 Å². The zero-order chi connectivity index (χ0) is 13.8. The monoisotopic (exact) mass is 262 g/mol. The van der Waals surface area contributed by atoms with Gasteiger partial charge in [0.15, 0.2) is 0 Å². The van der Waals surface area contributed by atoms with Crippen molar-refractivity contribution in [3.63, 3.8) is 0 Å². The third kappa shape index (κ3) is 2.90. The Morgan fingerprint density at radius 2 is 2.26 bits per heavy atom. The lowest BCUT2D eigenvalue weighted by atomic mass is 10.1. The standard InChI is InChI=1S/C13H15FN4O/c1-3-15-12-10(5-4-6-11(12)14)13(19)17-9-7-16-18(2)8-9/h4-8,15H,3H2,1-2H3,(H,17,19). The quantitative estimate of drug-likeness (QED) is 0.888. The molecule has 1 aromatic carbocycles. The van der Waals surface area contributed by atoms with Crippen LogP contribution in [0.5, 0.6) is 0 Å². The van der Waals surface area contributed by atoms with Gasteiger partial charge >= 0.3 is 0 Å². The molecule has 0 aliphatic rings. The molecule has 0 unspecified atom stereocenters. The first-order valence-electron chi connectivity index (χ1n) is 5.94. The molecule has 0 aliphatic heterocycles. The zero-order valence-electron chi connectivity index (χ0n) is 10.8. The second kappa shape index (κ2) is 5.51. The van der Waals surface area contributed by atoms with Gasteiger partial charge in [-0.1, -0.05) is 6.07 Å². The number of hydrogen-bond donors (Lipinski definition) is 2. The fraction of sp³-hybridized carbons (Fsp3) is 0.231. The van der Waals surface area contributed by atoms with E-state index in [0.29, 0.717) is 12.2 Å². The van der Waals surface area contributed by atoms with Crippen molar-refractivity contribution in [2.24, 2.45) is 7.05 Å². The molecule has 1 amide bonds. The van der Waals surface area contributed by atoms with E-state index in [-0.39, 0.29) is 17.2 Å². The number of hydrogen-bond acceptors (Lipinski definition) is 3. The van der Waals surface area contributed by atoms with Gasteiger partial charge in [-0.3, -0.25) is 9.48 Å². The first-order chi connectivity index (χ1) is 9.11. The van der Waals surface area contributed by atoms with Gasteiger partial charge in [-0.2, -0.15) is 5.10 Å². The van der Waals surface area contributed by atoms with E-state index in [1.807, 2.05) is 6.92 Å². The molecule has 0 aliphatic carbocycles. The van der Waals surface area contributed by atoms with E-state index in [2.05, 4.69) is 15.7 Å². The Bertz CT molecular complexity index is 594. The summed E-state index contributed by atoms with van der Waals surface area (Å²) in [7, 11) is 1.75. The van der Waals surface area contributed by atoms with Gasteiger partial charge in [0.2, 0.25) is 0 Å². The number of amides is 1. The van der Waals surface area contributed by atoms with Crippen molar-refractivity contribution >= 4 is 17.3 Å². The summed E-state index contributed by atoms with van der Waals surface area (Å²) in [5.74, 6) is -0.816. The van der Waals surface area contributed by atoms with Crippen molar-refractivity contribution in [3.05, 3.63) is 42.0 Å². The molecule has 2 rings (SSSR count). The lowest BCUT2D eigenvalue weighted by molar-refractivity contribution is 0.102. The average Bonchev–Trinajstić information content (AvgIpc) is 2.77. The number of aryl methyl sites for hydroxylation is 1. The third-order valence-corrected chi connectivity index (χ3v) is 2.57. The zero-order valence-corrected chi connectivity index (χ0v) is 10.8. The molecular formula is C13H15FN4O. The lowest BCUT2D eigenvalue weighted by Crippen LogP contribution is -2.15. The van der Waals surface area contributed by atoms with Crippen LogP contribution < -0.4 is 10.6 Å². The number of nitrogens with one attached hydrogen (secondary N) is 2. The van der Waals surface area contributed by atoms with Crippen molar-refractivity contribution in [2.45, 2.75) is 6.92 Å². The van der Waals surface area contributed by atoms with Crippen LogP contribution in [0.4, 0.5) is 15.8 Å². The molecule has 19 heavy (non-hydrogen) atoms. The molecular weight excluding hydrogens is 247 g/mol. The number of anilines is 2. The minimum Gasteiger partial charge on any atom is -0.382 e. The molecule has 0 atom stereocenters. The number of aromatic nitrogens is 2. The highest BCUT2D eigenvalue weighted by Crippen LogP contribution is 2.21. The van der Waals surface area contributed by atoms with E-state index in [9.17, 15) is 9.18 Å². The van der Waals surface area contributed by atoms with Crippen LogP contribution in [0.25, 0.3) is 0 Å². The smallest absolute Gasteiger partial charge is 0.257 e. The molecule has 0 saturated carbocycles. The largest absolute Gasteiger partial charge is 0.382 e. The molecule has 100 valence electrons. The van der Waals surface area contributed by atoms with Crippen LogP contribution in [0.2, 0.25) is 0 Å². The number of benzene rings is 1. The Kier molecular flexibility index (Phi) is 3.79. The van der Waals surface area contributed by atoms with Gasteiger partial charge in [0, 0.05) is 19.8 Å². The fourth-order valence-electron chi connectivity index (χ4n) is 1.75. The fourth-order valence-corrected chi connectivity index (χ4v) is 1.75. The number of para-hydroxylation sites is 1. The average molecular weight is 262 g/mol. The Morgan fingerprint density at radius 3 is 2.89 bits per heavy atom. The maximum Gasteiger partial charge on any atom is 0.257 e. The second-order valence-electron chi connectivity index (χ2n) is 4.05. The highest BCUT2D eigenvalue weighted by atomic mass is 19.1. The number of carbonyl (C=O) groups is 1. The van der Waals surface area contributed by atoms with Gasteiger partial charge < -0.3 is 10.6 Å². The molecule has 2 N–H and O–H groups in total. The molecule has 1 heterocycles. The van der Waals surface area contributed by atoms with E-state index in [1.165, 1.54) is 18.3 Å². The minimum absolute atomic E-state index is 0.214. The number of rotatable bonds is 4. The number of carbonyl (C=O) groups excluding carboxylic acids is 1. The molecule has 2 aromatic rings. The summed E-state index contributed by atoms with van der Waals surface area (Å²) in [5.41, 5.74) is 1.05. The Hall–Kier alpha value is -2.37. The van der Waals surface area contributed by atoms with E-state index in [4.69, 9.17) is 0 Å². The van der Waals surface area contributed by atoms with Crippen LogP contribution in [-0.4, -0.2) is 22.2 Å². The predicted molar refractivity (Wildman–Crippen MR) is 71.7 cm³/mol. The van der Waals surface area contributed by atoms with Crippen molar-refractivity contribution in [2.75, 3.05) is 17.2 Å². The summed E-state index contributed by atoms with van der Waals surface area (Å²) in [5, 5.41) is 9.49. The lowest BCUT2D eigenvalue weighted by Gasteiger charge is -2.11. The van der Waals surface area contributed by atoms with Gasteiger partial charge in [-0.25, -0.2) is 4.39 Å². The maximum absolute atomic E-state index is 13.7. The summed E-state index contributed by atoms with van der Waals surface area (Å²) >= 11 is 0. The van der Waals surface area contributed by atoms with Crippen LogP contribution in [0.3, 0.4) is 0 Å². The van der Waals surface area contributed by atoms with E-state index >= 15 is 0 Å². The Balaban J connectivity index is 2.25. The summed E-state index contributed by atoms with van der Waals surface area (Å²) in [6.07, 6.45) is 3.20. The predicted octanol–water partition coefficient (Wildman–Crippen LogP) is 2.24. The van der Waals surface area contributed by atoms with Gasteiger partial charge in [-0.15, -0.1) is 0 Å². The molecule has 0 bridgehead atoms. The summed E-state index contributed by atoms with van der Waals surface area (Å²) in [6.45, 7) is 2.38. The number of nitrogens with zero attached hydrogens (tertiary/aromatic N) is 2. The molecule has 0 saturated heterocycles. The molecule has 1 aromatic heterocycles. The molecule has 6 heteroatoms. The van der Waals surface area contributed by atoms with Crippen molar-refractivity contribution in [3.8, 4) is 0 Å². The van der Waals surface area contributed by atoms with Gasteiger partial charge in [0.05, 0.1) is 23.1 Å². The highest BCUT2D eigenvalue weighted by molar-refractivity contribution is 6.08. The maximum atomic E-state index is 13.7. The van der Waals surface area contributed by atoms with E-state index in [0.717, 1.165) is 0 Å². The molecule has 5 nitrogen and oxygen atoms in total. The van der Waals surface area contributed by atoms with Gasteiger partial charge in [0.25, 0.3) is 5.91 Å². The third-order valence-electron chi connectivity index (χ3n) is 2.57. The van der Waals surface area contributed by atoms with Crippen molar-refractivity contribution in [1.29, 1.82) is 0 Å². The van der Waals surface area contributed by atoms with Crippen LogP contribution in [-0.2, 0) is 7.05 Å². The van der Waals surface area contributed by atoms with Crippen LogP contribution >= 0.6 is 0 Å². The summed E-state index contributed by atoms with van der Waals surface area (Å²) in [6, 6.07) is 4.40. The Labute approximate surface area is 110 Å². The van der Waals surface area contributed by atoms with Crippen LogP contribution in [0, 0.1) is 5.82 Å². The first-order valence-corrected chi connectivity index (χ1v) is 5.94. The first kappa shape index (κ1) is 13.1. The highest BCUT2D eigenvalue weighted by Gasteiger charge is 2.15. The number of halogens is 1. The van der Waals surface area contributed by atoms with Gasteiger partial charge in [0.1, 0.15) is 5.82 Å². The SMILES string of the molecule is CCNc1c(F)cccc1C(=O)Nc1cnn(C)c1. The van der Waals surface area contributed by atoms with Crippen molar-refractivity contribution < 1.29 is 9.18 Å². The van der Waals surface area contributed by atoms with Crippen molar-refractivity contribution in [1.82, 2.24) is 9.78 Å². The Morgan fingerprint density at radius 1 is 1.47 bits per heavy atom. The summed E-state index contributed by atoms with van der Waals surface area (Å²) < 4.78 is 15.3. The summed E-state index contributed by atoms with van der Waals surface area (Å²) in [4.78, 5) is 12.1. The molecule has 0 fully saturated rings. The molecule has 0 spiro atoms. The van der Waals surface area contributed by atoms with Crippen LogP contribution in [0.1, 0.15) is 17.3 Å². The van der Waals surface area contributed by atoms with Gasteiger partial charge in [-0.05, 0) is 19.1 Å². The minimum atomic E-state index is -0.444. The molecule has 0 radical (unpaired) electrons.